The Morgan fingerprint density at radius 1 is 0.848 bits per heavy atom. The van der Waals surface area contributed by atoms with Gasteiger partial charge < -0.3 is 0 Å². The molecule has 0 heterocycles. The molecule has 0 saturated heterocycles. The van der Waals surface area contributed by atoms with E-state index < -0.39 is 17.6 Å². The molecule has 33 heavy (non-hydrogen) atoms. The molecule has 2 fully saturated rings. The number of benzene rings is 1. The summed E-state index contributed by atoms with van der Waals surface area (Å²) in [7, 11) is 0. The number of allylic oxidation sites excluding steroid dienone is 4. The average Bonchev–Trinajstić information content (AvgIpc) is 2.83. The van der Waals surface area contributed by atoms with Crippen LogP contribution < -0.4 is 0 Å². The van der Waals surface area contributed by atoms with Crippen LogP contribution in [0.2, 0.25) is 0 Å². The maximum atomic E-state index is 12.8. The van der Waals surface area contributed by atoms with Gasteiger partial charge in [-0.2, -0.15) is 22.8 Å². The molecule has 0 bridgehead atoms. The van der Waals surface area contributed by atoms with Crippen LogP contribution in [0.25, 0.3) is 0 Å². The third kappa shape index (κ3) is 8.32. The molecular weight excluding hydrogens is 426 g/mol. The average molecular weight is 462 g/mol. The van der Waals surface area contributed by atoms with Crippen molar-refractivity contribution in [2.75, 3.05) is 0 Å². The Hall–Kier alpha value is -2.09. The third-order valence-electron chi connectivity index (χ3n) is 7.73. The van der Waals surface area contributed by atoms with Gasteiger partial charge in [-0.3, -0.25) is 0 Å². The summed E-state index contributed by atoms with van der Waals surface area (Å²) in [6, 6.07) is 7.25. The summed E-state index contributed by atoms with van der Waals surface area (Å²) in [4.78, 5) is 0. The van der Waals surface area contributed by atoms with Crippen molar-refractivity contribution in [2.24, 2.45) is 17.8 Å². The van der Waals surface area contributed by atoms with Crippen LogP contribution in [-0.4, -0.2) is 0 Å². The van der Waals surface area contributed by atoms with Crippen molar-refractivity contribution >= 4 is 0 Å². The minimum Gasteiger partial charge on any atom is -0.195 e. The number of alkyl halides is 3. The number of hydrogen-bond donors (Lipinski definition) is 0. The van der Waals surface area contributed by atoms with Crippen molar-refractivity contribution in [3.63, 3.8) is 0 Å². The van der Waals surface area contributed by atoms with Gasteiger partial charge >= 0.3 is 6.18 Å². The highest BCUT2D eigenvalue weighted by Gasteiger charge is 2.31. The van der Waals surface area contributed by atoms with Crippen LogP contribution in [-0.2, 0) is 6.18 Å². The summed E-state index contributed by atoms with van der Waals surface area (Å²) < 4.78 is 51.0. The van der Waals surface area contributed by atoms with Gasteiger partial charge in [-0.15, -0.1) is 0 Å². The predicted molar refractivity (Wildman–Crippen MR) is 124 cm³/mol. The molecule has 0 atom stereocenters. The Balaban J connectivity index is 1.30. The lowest BCUT2D eigenvalue weighted by atomic mass is 9.74. The molecule has 1 aromatic rings. The Kier molecular flexibility index (Phi) is 9.59. The highest BCUT2D eigenvalue weighted by Crippen LogP contribution is 2.41. The first kappa shape index (κ1) is 25.5. The zero-order valence-electron chi connectivity index (χ0n) is 19.3. The summed E-state index contributed by atoms with van der Waals surface area (Å²) in [5, 5.41) is 8.38. The minimum absolute atomic E-state index is 0.403. The van der Waals surface area contributed by atoms with Crippen molar-refractivity contribution in [3.8, 4) is 6.07 Å². The van der Waals surface area contributed by atoms with E-state index >= 15 is 0 Å². The molecule has 0 amide bonds. The zero-order valence-corrected chi connectivity index (χ0v) is 19.3. The lowest BCUT2D eigenvalue weighted by Gasteiger charge is -2.32. The molecule has 2 aliphatic carbocycles. The van der Waals surface area contributed by atoms with Crippen LogP contribution in [0.15, 0.2) is 48.3 Å². The topological polar surface area (TPSA) is 23.8 Å². The van der Waals surface area contributed by atoms with Gasteiger partial charge in [-0.1, -0.05) is 62.8 Å². The van der Waals surface area contributed by atoms with E-state index in [1.165, 1.54) is 75.6 Å². The summed E-state index contributed by atoms with van der Waals surface area (Å²) >= 11 is 0. The molecule has 0 unspecified atom stereocenters. The molecule has 3 rings (SSSR count). The van der Waals surface area contributed by atoms with Crippen molar-refractivity contribution in [3.05, 3.63) is 59.4 Å². The molecular formula is C28H35F4N. The molecule has 0 aliphatic heterocycles. The summed E-state index contributed by atoms with van der Waals surface area (Å²) in [6.07, 6.45) is 14.9. The fourth-order valence-corrected chi connectivity index (χ4v) is 5.63. The highest BCUT2D eigenvalue weighted by atomic mass is 19.4. The summed E-state index contributed by atoms with van der Waals surface area (Å²) in [6.45, 7) is 0. The predicted octanol–water partition coefficient (Wildman–Crippen LogP) is 9.28. The maximum Gasteiger partial charge on any atom is 0.416 e. The fourth-order valence-electron chi connectivity index (χ4n) is 5.63. The molecule has 2 aliphatic rings. The first-order valence-corrected chi connectivity index (χ1v) is 12.4. The van der Waals surface area contributed by atoms with E-state index in [9.17, 15) is 17.6 Å². The monoisotopic (exact) mass is 461 g/mol. The molecule has 0 radical (unpaired) electrons. The highest BCUT2D eigenvalue weighted by molar-refractivity contribution is 5.27. The standard InChI is InChI=1S/C28H35F4N/c29-27(20-33)5-3-1-2-4-21-6-8-22(9-7-21)10-11-23-12-14-24(15-13-23)25-16-18-26(19-17-25)28(30,31)32/h1,3,5,16-19,21-24H,2,4,6-15H2/b3-1+,27-5-. The SMILES string of the molecule is N#C/C(F)=C/C=C/CCC1CCC(CCC2CCC(c3ccc(C(F)(F)F)cc3)CC2)CC1. The number of nitriles is 1. The van der Waals surface area contributed by atoms with Crippen LogP contribution in [0.3, 0.4) is 0 Å². The van der Waals surface area contributed by atoms with Gasteiger partial charge in [-0.05, 0) is 86.0 Å². The molecule has 1 nitrogen and oxygen atoms in total. The molecule has 0 spiro atoms. The smallest absolute Gasteiger partial charge is 0.195 e. The van der Waals surface area contributed by atoms with Crippen LogP contribution in [0, 0.1) is 29.1 Å². The van der Waals surface area contributed by atoms with E-state index in [4.69, 9.17) is 5.26 Å². The van der Waals surface area contributed by atoms with E-state index in [2.05, 4.69) is 0 Å². The second kappa shape index (κ2) is 12.4. The van der Waals surface area contributed by atoms with Crippen molar-refractivity contribution in [1.29, 1.82) is 5.26 Å². The maximum absolute atomic E-state index is 12.8. The van der Waals surface area contributed by atoms with Crippen LogP contribution >= 0.6 is 0 Å². The Morgan fingerprint density at radius 3 is 1.88 bits per heavy atom. The van der Waals surface area contributed by atoms with E-state index in [1.54, 1.807) is 18.2 Å². The largest absolute Gasteiger partial charge is 0.416 e. The Morgan fingerprint density at radius 2 is 1.36 bits per heavy atom. The van der Waals surface area contributed by atoms with E-state index in [1.807, 2.05) is 6.08 Å². The quantitative estimate of drug-likeness (QED) is 0.215. The van der Waals surface area contributed by atoms with Crippen molar-refractivity contribution in [1.82, 2.24) is 0 Å². The van der Waals surface area contributed by atoms with Gasteiger partial charge in [0.1, 0.15) is 6.07 Å². The summed E-state index contributed by atoms with van der Waals surface area (Å²) in [5.74, 6) is 2.01. The number of halogens is 4. The molecule has 180 valence electrons. The van der Waals surface area contributed by atoms with Gasteiger partial charge in [-0.25, -0.2) is 0 Å². The molecule has 2 saturated carbocycles. The first-order chi connectivity index (χ1) is 15.8. The first-order valence-electron chi connectivity index (χ1n) is 12.4. The van der Waals surface area contributed by atoms with E-state index in [0.29, 0.717) is 5.92 Å². The zero-order chi connectivity index (χ0) is 23.7. The molecule has 5 heteroatoms. The van der Waals surface area contributed by atoms with Crippen LogP contribution in [0.1, 0.15) is 94.1 Å². The van der Waals surface area contributed by atoms with Crippen molar-refractivity contribution in [2.45, 2.75) is 89.1 Å². The lowest BCUT2D eigenvalue weighted by molar-refractivity contribution is -0.137. The van der Waals surface area contributed by atoms with Gasteiger partial charge in [0.05, 0.1) is 5.56 Å². The Bertz CT molecular complexity index is 815. The van der Waals surface area contributed by atoms with Gasteiger partial charge in [0.25, 0.3) is 0 Å². The van der Waals surface area contributed by atoms with Crippen LogP contribution in [0.4, 0.5) is 17.6 Å². The number of nitrogens with zero attached hydrogens (tertiary/aromatic N) is 1. The third-order valence-corrected chi connectivity index (χ3v) is 7.73. The Labute approximate surface area is 195 Å². The molecule has 1 aromatic carbocycles. The van der Waals surface area contributed by atoms with Gasteiger partial charge in [0.2, 0.25) is 0 Å². The van der Waals surface area contributed by atoms with Gasteiger partial charge in [0.15, 0.2) is 5.83 Å². The van der Waals surface area contributed by atoms with E-state index in [-0.39, 0.29) is 0 Å². The summed E-state index contributed by atoms with van der Waals surface area (Å²) in [5.41, 5.74) is 0.495. The number of rotatable bonds is 8. The second-order valence-corrected chi connectivity index (χ2v) is 9.93. The van der Waals surface area contributed by atoms with Crippen molar-refractivity contribution < 1.29 is 17.6 Å². The van der Waals surface area contributed by atoms with Crippen LogP contribution in [0.5, 0.6) is 0 Å². The van der Waals surface area contributed by atoms with Gasteiger partial charge in [0, 0.05) is 0 Å². The van der Waals surface area contributed by atoms with E-state index in [0.717, 1.165) is 49.0 Å². The second-order valence-electron chi connectivity index (χ2n) is 9.93. The normalized spacial score (nSPS) is 26.9. The fraction of sp³-hybridized carbons (Fsp3) is 0.607. The minimum atomic E-state index is -4.26. The number of hydrogen-bond acceptors (Lipinski definition) is 1. The molecule has 0 aromatic heterocycles. The molecule has 0 N–H and O–H groups in total. The lowest BCUT2D eigenvalue weighted by Crippen LogP contribution is -2.18.